The lowest BCUT2D eigenvalue weighted by Gasteiger charge is -2.10. The molecule has 0 heterocycles. The first-order chi connectivity index (χ1) is 12.3. The van der Waals surface area contributed by atoms with Crippen molar-refractivity contribution in [3.8, 4) is 0 Å². The van der Waals surface area contributed by atoms with E-state index in [9.17, 15) is 23.2 Å². The summed E-state index contributed by atoms with van der Waals surface area (Å²) in [6, 6.07) is 7.13. The highest BCUT2D eigenvalue weighted by atomic mass is 35.5. The van der Waals surface area contributed by atoms with Crippen molar-refractivity contribution in [2.24, 2.45) is 0 Å². The molecule has 0 radical (unpaired) electrons. The van der Waals surface area contributed by atoms with E-state index in [1.54, 1.807) is 0 Å². The molecule has 0 unspecified atom stereocenters. The van der Waals surface area contributed by atoms with Gasteiger partial charge in [0.2, 0.25) is 11.8 Å². The summed E-state index contributed by atoms with van der Waals surface area (Å²) in [5.74, 6) is -4.28. The van der Waals surface area contributed by atoms with Crippen LogP contribution in [0.2, 0.25) is 5.02 Å². The van der Waals surface area contributed by atoms with Crippen molar-refractivity contribution in [2.45, 2.75) is 6.42 Å². The van der Waals surface area contributed by atoms with Crippen molar-refractivity contribution < 1.29 is 27.9 Å². The summed E-state index contributed by atoms with van der Waals surface area (Å²) in [7, 11) is 1.20. The van der Waals surface area contributed by atoms with Gasteiger partial charge in [-0.1, -0.05) is 17.7 Å². The first-order valence-electron chi connectivity index (χ1n) is 7.23. The Kier molecular flexibility index (Phi) is 6.24. The molecule has 0 aliphatic rings. The Morgan fingerprint density at radius 1 is 1.04 bits per heavy atom. The number of amides is 2. The van der Waals surface area contributed by atoms with E-state index in [1.807, 2.05) is 5.32 Å². The van der Waals surface area contributed by atoms with Gasteiger partial charge >= 0.3 is 5.97 Å². The van der Waals surface area contributed by atoms with Crippen molar-refractivity contribution in [3.05, 3.63) is 58.6 Å². The van der Waals surface area contributed by atoms with Gasteiger partial charge in [0.25, 0.3) is 0 Å². The van der Waals surface area contributed by atoms with Gasteiger partial charge in [-0.2, -0.15) is 0 Å². The molecule has 0 aliphatic carbocycles. The van der Waals surface area contributed by atoms with E-state index in [2.05, 4.69) is 10.1 Å². The van der Waals surface area contributed by atoms with E-state index >= 15 is 0 Å². The van der Waals surface area contributed by atoms with Crippen molar-refractivity contribution in [2.75, 3.05) is 17.7 Å². The summed E-state index contributed by atoms with van der Waals surface area (Å²) >= 11 is 5.93. The minimum absolute atomic E-state index is 0.0874. The number of rotatable bonds is 5. The Bertz CT molecular complexity index is 854. The monoisotopic (exact) mass is 382 g/mol. The van der Waals surface area contributed by atoms with E-state index in [0.29, 0.717) is 0 Å². The molecule has 0 aromatic heterocycles. The third kappa shape index (κ3) is 4.76. The Hall–Kier alpha value is -3.00. The molecular weight excluding hydrogens is 370 g/mol. The molecule has 0 atom stereocenters. The summed E-state index contributed by atoms with van der Waals surface area (Å²) in [6.45, 7) is 0. The van der Waals surface area contributed by atoms with Crippen LogP contribution in [0.3, 0.4) is 0 Å². The number of anilines is 2. The van der Waals surface area contributed by atoms with Crippen LogP contribution in [0.4, 0.5) is 20.2 Å². The molecule has 136 valence electrons. The van der Waals surface area contributed by atoms with Crippen molar-refractivity contribution in [3.63, 3.8) is 0 Å². The second-order valence-electron chi connectivity index (χ2n) is 5.06. The van der Waals surface area contributed by atoms with E-state index in [-0.39, 0.29) is 16.3 Å². The number of hydrogen-bond acceptors (Lipinski definition) is 4. The molecule has 0 spiro atoms. The maximum absolute atomic E-state index is 13.5. The number of halogens is 3. The topological polar surface area (TPSA) is 84.5 Å². The van der Waals surface area contributed by atoms with Crippen molar-refractivity contribution >= 4 is 40.8 Å². The van der Waals surface area contributed by atoms with Crippen LogP contribution in [0.5, 0.6) is 0 Å². The Morgan fingerprint density at radius 3 is 2.27 bits per heavy atom. The average Bonchev–Trinajstić information content (AvgIpc) is 2.59. The number of esters is 1. The number of hydrogen-bond donors (Lipinski definition) is 2. The van der Waals surface area contributed by atoms with Gasteiger partial charge in [0, 0.05) is 0 Å². The van der Waals surface area contributed by atoms with Gasteiger partial charge in [-0.3, -0.25) is 9.59 Å². The van der Waals surface area contributed by atoms with Gasteiger partial charge in [0.05, 0.1) is 23.4 Å². The largest absolute Gasteiger partial charge is 0.465 e. The van der Waals surface area contributed by atoms with Crippen LogP contribution < -0.4 is 10.6 Å². The number of carbonyl (C=O) groups excluding carboxylic acids is 3. The predicted molar refractivity (Wildman–Crippen MR) is 91.0 cm³/mol. The summed E-state index contributed by atoms with van der Waals surface area (Å²) in [5, 5.41) is 4.47. The average molecular weight is 383 g/mol. The van der Waals surface area contributed by atoms with Crippen LogP contribution in [0, 0.1) is 11.6 Å². The van der Waals surface area contributed by atoms with Gasteiger partial charge in [-0.05, 0) is 30.3 Å². The minimum atomic E-state index is -0.965. The lowest BCUT2D eigenvalue weighted by atomic mass is 10.2. The smallest absolute Gasteiger partial charge is 0.337 e. The lowest BCUT2D eigenvalue weighted by molar-refractivity contribution is -0.123. The van der Waals surface area contributed by atoms with E-state index in [4.69, 9.17) is 11.6 Å². The van der Waals surface area contributed by atoms with Crippen LogP contribution in [0.25, 0.3) is 0 Å². The predicted octanol–water partition coefficient (Wildman–Crippen LogP) is 3.37. The van der Waals surface area contributed by atoms with Crippen LogP contribution in [0.15, 0.2) is 36.4 Å². The molecule has 6 nitrogen and oxygen atoms in total. The molecule has 2 amide bonds. The van der Waals surface area contributed by atoms with Gasteiger partial charge in [0.15, 0.2) is 0 Å². The zero-order valence-corrected chi connectivity index (χ0v) is 14.2. The van der Waals surface area contributed by atoms with Gasteiger partial charge in [-0.15, -0.1) is 0 Å². The molecule has 0 bridgehead atoms. The molecule has 0 saturated carbocycles. The summed E-state index contributed by atoms with van der Waals surface area (Å²) in [5.41, 5.74) is -0.412. The Labute approximate surface area is 152 Å². The molecule has 2 rings (SSSR count). The SMILES string of the molecule is COC(=O)c1ccc(Cl)c(NC(=O)CC(=O)Nc2c(F)cccc2F)c1. The molecule has 9 heteroatoms. The molecule has 2 aromatic rings. The molecule has 0 fully saturated rings. The van der Waals surface area contributed by atoms with E-state index in [1.165, 1.54) is 25.3 Å². The molecule has 2 N–H and O–H groups in total. The highest BCUT2D eigenvalue weighted by molar-refractivity contribution is 6.34. The second-order valence-corrected chi connectivity index (χ2v) is 5.46. The summed E-state index contributed by atoms with van der Waals surface area (Å²) in [4.78, 5) is 35.3. The fraction of sp³-hybridized carbons (Fsp3) is 0.118. The zero-order chi connectivity index (χ0) is 19.3. The van der Waals surface area contributed by atoms with Crippen molar-refractivity contribution in [1.29, 1.82) is 0 Å². The quantitative estimate of drug-likeness (QED) is 0.613. The highest BCUT2D eigenvalue weighted by Gasteiger charge is 2.16. The van der Waals surface area contributed by atoms with Crippen LogP contribution in [-0.2, 0) is 14.3 Å². The Morgan fingerprint density at radius 2 is 1.65 bits per heavy atom. The van der Waals surface area contributed by atoms with Gasteiger partial charge < -0.3 is 15.4 Å². The number of carbonyl (C=O) groups is 3. The maximum atomic E-state index is 13.5. The second kappa shape index (κ2) is 8.39. The highest BCUT2D eigenvalue weighted by Crippen LogP contribution is 2.24. The fourth-order valence-corrected chi connectivity index (χ4v) is 2.17. The normalized spacial score (nSPS) is 10.2. The third-order valence-electron chi connectivity index (χ3n) is 3.21. The third-order valence-corrected chi connectivity index (χ3v) is 3.54. The lowest BCUT2D eigenvalue weighted by Crippen LogP contribution is -2.22. The fourth-order valence-electron chi connectivity index (χ4n) is 2.01. The number of ether oxygens (including phenoxy) is 1. The van der Waals surface area contributed by atoms with Gasteiger partial charge in [0.1, 0.15) is 23.7 Å². The number of para-hydroxylation sites is 1. The minimum Gasteiger partial charge on any atom is -0.465 e. The zero-order valence-electron chi connectivity index (χ0n) is 13.4. The molecule has 2 aromatic carbocycles. The molecule has 26 heavy (non-hydrogen) atoms. The molecule has 0 aliphatic heterocycles. The first kappa shape index (κ1) is 19.3. The van der Waals surface area contributed by atoms with Crippen LogP contribution >= 0.6 is 11.6 Å². The van der Waals surface area contributed by atoms with Gasteiger partial charge in [-0.25, -0.2) is 13.6 Å². The standard InChI is InChI=1S/C17H13ClF2N2O4/c1-26-17(25)9-5-6-10(18)13(7-9)21-14(23)8-15(24)22-16-11(19)3-2-4-12(16)20/h2-7H,8H2,1H3,(H,21,23)(H,22,24). The molecule has 0 saturated heterocycles. The Balaban J connectivity index is 2.04. The van der Waals surface area contributed by atoms with E-state index in [0.717, 1.165) is 18.2 Å². The first-order valence-corrected chi connectivity index (χ1v) is 7.61. The summed E-state index contributed by atoms with van der Waals surface area (Å²) in [6.07, 6.45) is -0.716. The summed E-state index contributed by atoms with van der Waals surface area (Å²) < 4.78 is 31.5. The van der Waals surface area contributed by atoms with Crippen molar-refractivity contribution in [1.82, 2.24) is 0 Å². The van der Waals surface area contributed by atoms with Crippen LogP contribution in [-0.4, -0.2) is 24.9 Å². The van der Waals surface area contributed by atoms with Crippen LogP contribution in [0.1, 0.15) is 16.8 Å². The maximum Gasteiger partial charge on any atom is 0.337 e. The number of benzene rings is 2. The van der Waals surface area contributed by atoms with E-state index < -0.39 is 41.5 Å². The number of nitrogens with one attached hydrogen (secondary N) is 2. The number of methoxy groups -OCH3 is 1. The molecular formula is C17H13ClF2N2O4.